The number of aryl methyl sites for hydroxylation is 3. The minimum absolute atomic E-state index is 0.842. The molecule has 0 amide bonds. The van der Waals surface area contributed by atoms with E-state index in [0.29, 0.717) is 0 Å². The van der Waals surface area contributed by atoms with E-state index in [1.54, 1.807) is 0 Å². The molecule has 3 heteroatoms. The van der Waals surface area contributed by atoms with Crippen LogP contribution in [0, 0.1) is 27.7 Å². The van der Waals surface area contributed by atoms with Crippen LogP contribution in [0.25, 0.3) is 11.3 Å². The van der Waals surface area contributed by atoms with Gasteiger partial charge >= 0.3 is 0 Å². The fraction of sp³-hybridized carbons (Fsp3) is 0.438. The molecule has 19 heavy (non-hydrogen) atoms. The standard InChI is InChI=1S/C16H23N3/c1-10-7-11(2)13(4)15(12(10)3)16-14(8-17-5)9-19(6)18-16/h7,9,17H,8H2,1-6H3. The maximum absolute atomic E-state index is 4.68. The fourth-order valence-corrected chi connectivity index (χ4v) is 2.64. The fourth-order valence-electron chi connectivity index (χ4n) is 2.64. The molecule has 0 saturated heterocycles. The van der Waals surface area contributed by atoms with Gasteiger partial charge in [0.05, 0.1) is 5.69 Å². The van der Waals surface area contributed by atoms with Crippen LogP contribution in [-0.2, 0) is 13.6 Å². The van der Waals surface area contributed by atoms with Crippen molar-refractivity contribution in [1.29, 1.82) is 0 Å². The van der Waals surface area contributed by atoms with Crippen molar-refractivity contribution in [3.05, 3.63) is 40.1 Å². The zero-order chi connectivity index (χ0) is 14.2. The van der Waals surface area contributed by atoms with Crippen LogP contribution in [0.15, 0.2) is 12.3 Å². The Bertz CT molecular complexity index is 583. The van der Waals surface area contributed by atoms with Crippen molar-refractivity contribution in [2.45, 2.75) is 34.2 Å². The number of nitrogens with one attached hydrogen (secondary N) is 1. The zero-order valence-electron chi connectivity index (χ0n) is 12.8. The lowest BCUT2D eigenvalue weighted by atomic mass is 9.91. The Labute approximate surface area is 115 Å². The molecule has 1 N–H and O–H groups in total. The van der Waals surface area contributed by atoms with Crippen LogP contribution in [-0.4, -0.2) is 16.8 Å². The van der Waals surface area contributed by atoms with E-state index < -0.39 is 0 Å². The summed E-state index contributed by atoms with van der Waals surface area (Å²) in [6, 6.07) is 2.26. The Kier molecular flexibility index (Phi) is 3.76. The lowest BCUT2D eigenvalue weighted by molar-refractivity contribution is 0.765. The van der Waals surface area contributed by atoms with Crippen molar-refractivity contribution in [1.82, 2.24) is 15.1 Å². The predicted octanol–water partition coefficient (Wildman–Crippen LogP) is 3.04. The summed E-state index contributed by atoms with van der Waals surface area (Å²) < 4.78 is 1.90. The first kappa shape index (κ1) is 13.8. The number of nitrogens with zero attached hydrogens (tertiary/aromatic N) is 2. The van der Waals surface area contributed by atoms with Crippen molar-refractivity contribution >= 4 is 0 Å². The number of aromatic nitrogens is 2. The molecular formula is C16H23N3. The molecule has 1 aromatic carbocycles. The summed E-state index contributed by atoms with van der Waals surface area (Å²) >= 11 is 0. The maximum Gasteiger partial charge on any atom is 0.0973 e. The van der Waals surface area contributed by atoms with Gasteiger partial charge in [0.1, 0.15) is 0 Å². The molecule has 0 saturated carbocycles. The van der Waals surface area contributed by atoms with E-state index >= 15 is 0 Å². The second-order valence-electron chi connectivity index (χ2n) is 5.34. The first-order valence-corrected chi connectivity index (χ1v) is 6.70. The highest BCUT2D eigenvalue weighted by atomic mass is 15.3. The van der Waals surface area contributed by atoms with Gasteiger partial charge in [0.2, 0.25) is 0 Å². The summed E-state index contributed by atoms with van der Waals surface area (Å²) in [5.41, 5.74) is 8.99. The average Bonchev–Trinajstić information content (AvgIpc) is 2.69. The van der Waals surface area contributed by atoms with Crippen LogP contribution in [0.4, 0.5) is 0 Å². The van der Waals surface area contributed by atoms with E-state index in [-0.39, 0.29) is 0 Å². The molecule has 0 aliphatic heterocycles. The quantitative estimate of drug-likeness (QED) is 0.916. The van der Waals surface area contributed by atoms with Crippen LogP contribution in [0.5, 0.6) is 0 Å². The van der Waals surface area contributed by atoms with E-state index in [1.807, 2.05) is 18.8 Å². The molecule has 0 atom stereocenters. The van der Waals surface area contributed by atoms with Crippen molar-refractivity contribution in [2.75, 3.05) is 7.05 Å². The molecule has 0 spiro atoms. The normalized spacial score (nSPS) is 11.1. The van der Waals surface area contributed by atoms with Gasteiger partial charge in [-0.25, -0.2) is 0 Å². The van der Waals surface area contributed by atoms with Gasteiger partial charge in [-0.2, -0.15) is 5.10 Å². The number of hydrogen-bond donors (Lipinski definition) is 1. The van der Waals surface area contributed by atoms with Gasteiger partial charge < -0.3 is 5.32 Å². The Balaban J connectivity index is 2.71. The van der Waals surface area contributed by atoms with Gasteiger partial charge in [-0.15, -0.1) is 0 Å². The average molecular weight is 257 g/mol. The Morgan fingerprint density at radius 3 is 2.21 bits per heavy atom. The Morgan fingerprint density at radius 1 is 1.11 bits per heavy atom. The van der Waals surface area contributed by atoms with Gasteiger partial charge in [-0.3, -0.25) is 4.68 Å². The first-order valence-electron chi connectivity index (χ1n) is 6.70. The summed E-state index contributed by atoms with van der Waals surface area (Å²) in [6.45, 7) is 9.57. The number of benzene rings is 1. The van der Waals surface area contributed by atoms with Crippen molar-refractivity contribution < 1.29 is 0 Å². The topological polar surface area (TPSA) is 29.9 Å². The molecule has 0 aliphatic rings. The summed E-state index contributed by atoms with van der Waals surface area (Å²) in [4.78, 5) is 0. The molecule has 0 unspecified atom stereocenters. The molecule has 1 aromatic heterocycles. The molecule has 2 rings (SSSR count). The van der Waals surface area contributed by atoms with Crippen LogP contribution < -0.4 is 5.32 Å². The van der Waals surface area contributed by atoms with Gasteiger partial charge in [0.25, 0.3) is 0 Å². The van der Waals surface area contributed by atoms with Crippen LogP contribution in [0.1, 0.15) is 27.8 Å². The minimum atomic E-state index is 0.842. The summed E-state index contributed by atoms with van der Waals surface area (Å²) in [7, 11) is 3.95. The second-order valence-corrected chi connectivity index (χ2v) is 5.34. The smallest absolute Gasteiger partial charge is 0.0973 e. The van der Waals surface area contributed by atoms with Crippen molar-refractivity contribution in [3.8, 4) is 11.3 Å². The molecule has 0 aliphatic carbocycles. The highest BCUT2D eigenvalue weighted by molar-refractivity contribution is 5.72. The van der Waals surface area contributed by atoms with Gasteiger partial charge in [-0.1, -0.05) is 6.07 Å². The number of hydrogen-bond acceptors (Lipinski definition) is 2. The first-order chi connectivity index (χ1) is 8.95. The van der Waals surface area contributed by atoms with Gasteiger partial charge in [0.15, 0.2) is 0 Å². The molecule has 0 bridgehead atoms. The molecule has 3 nitrogen and oxygen atoms in total. The lowest BCUT2D eigenvalue weighted by Gasteiger charge is -2.15. The highest BCUT2D eigenvalue weighted by Gasteiger charge is 2.16. The largest absolute Gasteiger partial charge is 0.316 e. The van der Waals surface area contributed by atoms with Crippen LogP contribution in [0.3, 0.4) is 0 Å². The zero-order valence-corrected chi connectivity index (χ0v) is 12.8. The minimum Gasteiger partial charge on any atom is -0.316 e. The number of rotatable bonds is 3. The maximum atomic E-state index is 4.68. The predicted molar refractivity (Wildman–Crippen MR) is 80.4 cm³/mol. The molecule has 102 valence electrons. The lowest BCUT2D eigenvalue weighted by Crippen LogP contribution is -2.06. The third-order valence-corrected chi connectivity index (χ3v) is 3.87. The summed E-state index contributed by atoms with van der Waals surface area (Å²) in [5.74, 6) is 0. The molecule has 2 aromatic rings. The monoisotopic (exact) mass is 257 g/mol. The SMILES string of the molecule is CNCc1cn(C)nc1-c1c(C)c(C)cc(C)c1C. The van der Waals surface area contributed by atoms with E-state index in [9.17, 15) is 0 Å². The van der Waals surface area contributed by atoms with E-state index in [2.05, 4.69) is 50.4 Å². The van der Waals surface area contributed by atoms with Gasteiger partial charge in [-0.05, 0) is 57.0 Å². The van der Waals surface area contributed by atoms with Crippen LogP contribution in [0.2, 0.25) is 0 Å². The highest BCUT2D eigenvalue weighted by Crippen LogP contribution is 2.32. The van der Waals surface area contributed by atoms with E-state index in [1.165, 1.54) is 33.4 Å². The summed E-state index contributed by atoms with van der Waals surface area (Å²) in [6.07, 6.45) is 2.10. The van der Waals surface area contributed by atoms with E-state index in [0.717, 1.165) is 12.2 Å². The Morgan fingerprint density at radius 2 is 1.68 bits per heavy atom. The third kappa shape index (κ3) is 2.43. The van der Waals surface area contributed by atoms with E-state index in [4.69, 9.17) is 0 Å². The van der Waals surface area contributed by atoms with Gasteiger partial charge in [0, 0.05) is 30.9 Å². The third-order valence-electron chi connectivity index (χ3n) is 3.87. The Hall–Kier alpha value is -1.61. The molecule has 1 heterocycles. The molecule has 0 radical (unpaired) electrons. The summed E-state index contributed by atoms with van der Waals surface area (Å²) in [5, 5.41) is 7.90. The van der Waals surface area contributed by atoms with Crippen LogP contribution >= 0.6 is 0 Å². The van der Waals surface area contributed by atoms with Crippen molar-refractivity contribution in [2.24, 2.45) is 7.05 Å². The second kappa shape index (κ2) is 5.17. The van der Waals surface area contributed by atoms with Crippen molar-refractivity contribution in [3.63, 3.8) is 0 Å². The molecule has 0 fully saturated rings. The molecular weight excluding hydrogens is 234 g/mol.